The number of amides is 1. The summed E-state index contributed by atoms with van der Waals surface area (Å²) in [6, 6.07) is 13.8. The Morgan fingerprint density at radius 3 is 1.64 bits per heavy atom. The second-order valence-electron chi connectivity index (χ2n) is 10.2. The SMILES string of the molecule is CC(C)c1cc(-c2ccccc2)cc(C(C)C)[n+]1CC(=O)Nc1cc(C(F)(F)F)c(S(N)(=O)=O)cc1S(N)(=O)=O.[O-][Cl+3]([O-])([O-])[O-]. The number of primary sulfonamides is 2. The lowest BCUT2D eigenvalue weighted by Crippen LogP contribution is -2.68. The molecular formula is C26H30ClF3N4O9S2. The van der Waals surface area contributed by atoms with Gasteiger partial charge in [0.2, 0.25) is 26.6 Å². The number of benzene rings is 2. The molecule has 248 valence electrons. The summed E-state index contributed by atoms with van der Waals surface area (Å²) in [6.07, 6.45) is -5.24. The molecule has 0 saturated heterocycles. The number of nitrogens with two attached hydrogens (primary N) is 2. The van der Waals surface area contributed by atoms with Crippen LogP contribution in [0.4, 0.5) is 18.9 Å². The topological polar surface area (TPSA) is 246 Å². The fraction of sp³-hybridized carbons (Fsp3) is 0.308. The highest BCUT2D eigenvalue weighted by atomic mass is 35.7. The van der Waals surface area contributed by atoms with Gasteiger partial charge in [-0.3, -0.25) is 4.79 Å². The minimum Gasteiger partial charge on any atom is -0.319 e. The molecule has 0 radical (unpaired) electrons. The molecule has 0 saturated carbocycles. The van der Waals surface area contributed by atoms with Crippen molar-refractivity contribution in [3.63, 3.8) is 0 Å². The number of rotatable bonds is 8. The van der Waals surface area contributed by atoms with Gasteiger partial charge in [-0.25, -0.2) is 45.7 Å². The van der Waals surface area contributed by atoms with E-state index >= 15 is 0 Å². The van der Waals surface area contributed by atoms with E-state index in [2.05, 4.69) is 5.32 Å². The summed E-state index contributed by atoms with van der Waals surface area (Å²) < 4.78 is 125. The first-order valence-corrected chi connectivity index (χ1v) is 17.0. The van der Waals surface area contributed by atoms with Gasteiger partial charge in [-0.15, -0.1) is 10.2 Å². The Morgan fingerprint density at radius 1 is 0.822 bits per heavy atom. The Hall–Kier alpha value is -3.20. The van der Waals surface area contributed by atoms with Gasteiger partial charge in [0.15, 0.2) is 11.4 Å². The van der Waals surface area contributed by atoms with Crippen molar-refractivity contribution in [2.45, 2.75) is 62.0 Å². The van der Waals surface area contributed by atoms with Crippen molar-refractivity contribution in [2.24, 2.45) is 10.3 Å². The maximum atomic E-state index is 13.7. The Bertz CT molecular complexity index is 1730. The molecule has 45 heavy (non-hydrogen) atoms. The highest BCUT2D eigenvalue weighted by Gasteiger charge is 2.39. The van der Waals surface area contributed by atoms with E-state index in [-0.39, 0.29) is 30.5 Å². The molecule has 0 aliphatic rings. The fourth-order valence-electron chi connectivity index (χ4n) is 4.29. The van der Waals surface area contributed by atoms with Gasteiger partial charge < -0.3 is 5.32 Å². The van der Waals surface area contributed by atoms with Crippen molar-refractivity contribution in [2.75, 3.05) is 5.32 Å². The molecule has 3 rings (SSSR count). The van der Waals surface area contributed by atoms with E-state index in [4.69, 9.17) is 28.9 Å². The van der Waals surface area contributed by atoms with Crippen LogP contribution in [0.5, 0.6) is 0 Å². The van der Waals surface area contributed by atoms with Crippen LogP contribution in [0.2, 0.25) is 0 Å². The van der Waals surface area contributed by atoms with Gasteiger partial charge in [0, 0.05) is 24.0 Å². The third-order valence-corrected chi connectivity index (χ3v) is 8.00. The first kappa shape index (κ1) is 38.0. The van der Waals surface area contributed by atoms with Crippen molar-refractivity contribution >= 4 is 31.6 Å². The summed E-state index contributed by atoms with van der Waals surface area (Å²) in [5, 5.41) is 12.2. The van der Waals surface area contributed by atoms with Gasteiger partial charge in [-0.1, -0.05) is 58.0 Å². The van der Waals surface area contributed by atoms with Crippen LogP contribution in [0.1, 0.15) is 56.5 Å². The van der Waals surface area contributed by atoms with E-state index in [0.717, 1.165) is 22.5 Å². The maximum Gasteiger partial charge on any atom is 0.417 e. The molecule has 5 N–H and O–H groups in total. The molecule has 0 spiro atoms. The third-order valence-electron chi connectivity index (χ3n) is 6.10. The van der Waals surface area contributed by atoms with Crippen LogP contribution >= 0.6 is 0 Å². The third kappa shape index (κ3) is 11.0. The smallest absolute Gasteiger partial charge is 0.319 e. The molecule has 0 aliphatic carbocycles. The lowest BCUT2D eigenvalue weighted by Gasteiger charge is -2.18. The van der Waals surface area contributed by atoms with Crippen LogP contribution in [-0.4, -0.2) is 22.7 Å². The predicted molar refractivity (Wildman–Crippen MR) is 143 cm³/mol. The lowest BCUT2D eigenvalue weighted by molar-refractivity contribution is -2.00. The quantitative estimate of drug-likeness (QED) is 0.246. The van der Waals surface area contributed by atoms with Gasteiger partial charge in [-0.2, -0.15) is 17.7 Å². The number of sulfonamides is 2. The zero-order chi connectivity index (χ0) is 34.7. The number of alkyl halides is 3. The molecule has 13 nitrogen and oxygen atoms in total. The van der Waals surface area contributed by atoms with Crippen LogP contribution < -0.4 is 38.8 Å². The van der Waals surface area contributed by atoms with E-state index in [1.54, 1.807) is 4.57 Å². The molecule has 0 atom stereocenters. The molecule has 0 unspecified atom stereocenters. The van der Waals surface area contributed by atoms with Crippen LogP contribution in [0.15, 0.2) is 64.4 Å². The first-order valence-electron chi connectivity index (χ1n) is 12.7. The summed E-state index contributed by atoms with van der Waals surface area (Å²) >= 11 is 0. The van der Waals surface area contributed by atoms with Gasteiger partial charge >= 0.3 is 6.18 Å². The maximum absolute atomic E-state index is 13.7. The Balaban J connectivity index is 0.00000130. The molecule has 19 heteroatoms. The lowest BCUT2D eigenvalue weighted by atomic mass is 9.97. The van der Waals surface area contributed by atoms with Crippen molar-refractivity contribution in [1.29, 1.82) is 0 Å². The minimum absolute atomic E-state index is 0.0696. The number of aromatic nitrogens is 1. The van der Waals surface area contributed by atoms with Crippen LogP contribution in [0, 0.1) is 10.2 Å². The Kier molecular flexibility index (Phi) is 11.9. The number of carbonyl (C=O) groups is 1. The molecule has 0 bridgehead atoms. The molecule has 1 heterocycles. The van der Waals surface area contributed by atoms with Crippen molar-refractivity contribution in [3.8, 4) is 11.1 Å². The number of pyridine rings is 1. The molecular weight excluding hydrogens is 669 g/mol. The highest BCUT2D eigenvalue weighted by molar-refractivity contribution is 7.90. The van der Waals surface area contributed by atoms with Crippen LogP contribution in [0.3, 0.4) is 0 Å². The van der Waals surface area contributed by atoms with E-state index in [1.165, 1.54) is 0 Å². The molecule has 1 aromatic heterocycles. The summed E-state index contributed by atoms with van der Waals surface area (Å²) in [7, 11) is -14.7. The van der Waals surface area contributed by atoms with Gasteiger partial charge in [0.1, 0.15) is 4.90 Å². The van der Waals surface area contributed by atoms with E-state index in [0.29, 0.717) is 0 Å². The number of hydrogen-bond acceptors (Lipinski definition) is 9. The number of nitrogens with zero attached hydrogens (tertiary/aromatic N) is 1. The zero-order valence-corrected chi connectivity index (χ0v) is 26.6. The Labute approximate surface area is 259 Å². The molecule has 0 fully saturated rings. The van der Waals surface area contributed by atoms with Gasteiger partial charge in [0.05, 0.1) is 16.1 Å². The number of anilines is 1. The van der Waals surface area contributed by atoms with E-state index in [9.17, 15) is 34.8 Å². The van der Waals surface area contributed by atoms with E-state index < -0.39 is 63.4 Å². The monoisotopic (exact) mass is 698 g/mol. The second kappa shape index (κ2) is 14.1. The fourth-order valence-corrected chi connectivity index (χ4v) is 5.82. The summed E-state index contributed by atoms with van der Waals surface area (Å²) in [4.78, 5) is 10.7. The second-order valence-corrected chi connectivity index (χ2v) is 14.0. The van der Waals surface area contributed by atoms with Crippen molar-refractivity contribution in [1.82, 2.24) is 0 Å². The van der Waals surface area contributed by atoms with Gasteiger partial charge in [-0.05, 0) is 23.3 Å². The summed E-state index contributed by atoms with van der Waals surface area (Å²) in [5.74, 6) is -0.998. The highest BCUT2D eigenvalue weighted by Crippen LogP contribution is 2.38. The molecule has 3 aromatic rings. The number of halogens is 4. The minimum atomic E-state index is -5.24. The Morgan fingerprint density at radius 2 is 1.27 bits per heavy atom. The first-order chi connectivity index (χ1) is 20.3. The zero-order valence-electron chi connectivity index (χ0n) is 24.2. The number of hydrogen-bond donors (Lipinski definition) is 3. The number of nitrogens with one attached hydrogen (secondary N) is 1. The normalized spacial score (nSPS) is 12.6. The standard InChI is InChI=1S/C26H29F3N4O5S2.ClHO4/c1-15(2)21-10-18(17-8-6-5-7-9-17)11-22(16(3)4)33(21)14-25(34)32-20-12-19(26(27,28)29)23(39(30,35)36)13-24(20)40(31,37)38;2-1(3,4)5/h5-13,15-16H,14H2,1-4H3,(H4-,30,31,32,34,35,36,37,38);(H,2,3,4,5). The average molecular weight is 699 g/mol. The van der Waals surface area contributed by atoms with Gasteiger partial charge in [0.25, 0.3) is 5.91 Å². The van der Waals surface area contributed by atoms with E-state index in [1.807, 2.05) is 70.2 Å². The average Bonchev–Trinajstić information content (AvgIpc) is 2.85. The van der Waals surface area contributed by atoms with Crippen LogP contribution in [0.25, 0.3) is 11.1 Å². The van der Waals surface area contributed by atoms with Crippen molar-refractivity contribution < 1.29 is 68.2 Å². The largest absolute Gasteiger partial charge is 0.417 e. The molecule has 1 amide bonds. The predicted octanol–water partition coefficient (Wildman–Crippen LogP) is -0.916. The summed E-state index contributed by atoms with van der Waals surface area (Å²) in [5.41, 5.74) is 0.805. The van der Waals surface area contributed by atoms with Crippen molar-refractivity contribution in [3.05, 3.63) is 71.5 Å². The number of carbonyl (C=O) groups excluding carboxylic acids is 1. The van der Waals surface area contributed by atoms with Crippen LogP contribution in [-0.2, 0) is 37.6 Å². The summed E-state index contributed by atoms with van der Waals surface area (Å²) in [6.45, 7) is 7.30. The molecule has 0 aliphatic heterocycles. The molecule has 2 aromatic carbocycles.